The van der Waals surface area contributed by atoms with Crippen LogP contribution < -0.4 is 0 Å². The molecule has 2 amide bonds. The maximum absolute atomic E-state index is 12.8. The number of piperidine rings is 1. The molecule has 0 unspecified atom stereocenters. The van der Waals surface area contributed by atoms with E-state index in [-0.39, 0.29) is 17.7 Å². The van der Waals surface area contributed by atoms with Gasteiger partial charge in [-0.25, -0.2) is 0 Å². The number of aromatic amines is 1. The average molecular weight is 346 g/mol. The van der Waals surface area contributed by atoms with E-state index in [9.17, 15) is 9.59 Å². The summed E-state index contributed by atoms with van der Waals surface area (Å²) >= 11 is 0. The first-order chi connectivity index (χ1) is 12.0. The highest BCUT2D eigenvalue weighted by atomic mass is 16.2. The van der Waals surface area contributed by atoms with Crippen LogP contribution >= 0.6 is 0 Å². The number of carbonyl (C=O) groups excluding carboxylic acids is 2. The van der Waals surface area contributed by atoms with E-state index in [0.29, 0.717) is 24.8 Å². The van der Waals surface area contributed by atoms with E-state index in [1.165, 1.54) is 11.3 Å². The maximum Gasteiger partial charge on any atom is 0.227 e. The molecule has 0 radical (unpaired) electrons. The van der Waals surface area contributed by atoms with Crippen molar-refractivity contribution in [2.24, 2.45) is 11.8 Å². The second kappa shape index (κ2) is 7.58. The van der Waals surface area contributed by atoms with Crippen LogP contribution in [0.2, 0.25) is 0 Å². The van der Waals surface area contributed by atoms with Crippen LogP contribution in [0.5, 0.6) is 0 Å². The van der Waals surface area contributed by atoms with Gasteiger partial charge in [0.25, 0.3) is 0 Å². The largest absolute Gasteiger partial charge is 0.342 e. The molecule has 0 saturated carbocycles. The van der Waals surface area contributed by atoms with E-state index in [1.54, 1.807) is 0 Å². The molecule has 0 aromatic carbocycles. The first kappa shape index (κ1) is 18.0. The number of aromatic nitrogens is 2. The normalized spacial score (nSPS) is 22.2. The van der Waals surface area contributed by atoms with Crippen molar-refractivity contribution in [2.75, 3.05) is 26.2 Å². The fraction of sp³-hybridized carbons (Fsp3) is 0.737. The number of nitrogens with zero attached hydrogens (tertiary/aromatic N) is 3. The van der Waals surface area contributed by atoms with Crippen molar-refractivity contribution in [3.05, 3.63) is 17.5 Å². The molecular weight excluding hydrogens is 316 g/mol. The molecular formula is C19H30N4O2. The Labute approximate surface area is 149 Å². The molecule has 1 N–H and O–H groups in total. The molecule has 3 rings (SSSR count). The standard InChI is InChI=1S/C19H30N4O2/c1-4-14-10-20-21-18(14)15-5-7-22(8-6-15)19(25)16-9-17(24)23(12-16)11-13(2)3/h10,13,15-16H,4-9,11-12H2,1-3H3,(H,20,21)/t16-/m0/s1. The van der Waals surface area contributed by atoms with Crippen molar-refractivity contribution in [1.29, 1.82) is 0 Å². The minimum absolute atomic E-state index is 0.131. The van der Waals surface area contributed by atoms with Crippen LogP contribution in [0.4, 0.5) is 0 Å². The van der Waals surface area contributed by atoms with E-state index in [1.807, 2.05) is 16.0 Å². The highest BCUT2D eigenvalue weighted by Gasteiger charge is 2.37. The van der Waals surface area contributed by atoms with Crippen molar-refractivity contribution < 1.29 is 9.59 Å². The SMILES string of the molecule is CCc1cn[nH]c1C1CCN(C(=O)[C@H]2CC(=O)N(CC(C)C)C2)CC1. The summed E-state index contributed by atoms with van der Waals surface area (Å²) in [6.45, 7) is 9.26. The number of hydrogen-bond donors (Lipinski definition) is 1. The monoisotopic (exact) mass is 346 g/mol. The van der Waals surface area contributed by atoms with Gasteiger partial charge in [0.15, 0.2) is 0 Å². The third-order valence-electron chi connectivity index (χ3n) is 5.50. The molecule has 0 spiro atoms. The third kappa shape index (κ3) is 3.88. The number of carbonyl (C=O) groups is 2. The summed E-state index contributed by atoms with van der Waals surface area (Å²) in [5.41, 5.74) is 2.53. The first-order valence-corrected chi connectivity index (χ1v) is 9.58. The van der Waals surface area contributed by atoms with Gasteiger partial charge in [-0.05, 0) is 30.7 Å². The summed E-state index contributed by atoms with van der Waals surface area (Å²) in [7, 11) is 0. The van der Waals surface area contributed by atoms with Gasteiger partial charge in [-0.1, -0.05) is 20.8 Å². The smallest absolute Gasteiger partial charge is 0.227 e. The Bertz CT molecular complexity index is 617. The quantitative estimate of drug-likeness (QED) is 0.888. The summed E-state index contributed by atoms with van der Waals surface area (Å²) in [5.74, 6) is 1.05. The Hall–Kier alpha value is -1.85. The minimum atomic E-state index is -0.152. The zero-order valence-corrected chi connectivity index (χ0v) is 15.6. The molecule has 1 aromatic heterocycles. The number of hydrogen-bond acceptors (Lipinski definition) is 3. The lowest BCUT2D eigenvalue weighted by Crippen LogP contribution is -2.42. The molecule has 6 heteroatoms. The molecule has 2 aliphatic rings. The van der Waals surface area contributed by atoms with Crippen molar-refractivity contribution in [3.8, 4) is 0 Å². The molecule has 1 atom stereocenters. The Morgan fingerprint density at radius 2 is 2.08 bits per heavy atom. The third-order valence-corrected chi connectivity index (χ3v) is 5.50. The van der Waals surface area contributed by atoms with Gasteiger partial charge in [0.1, 0.15) is 0 Å². The molecule has 1 aromatic rings. The van der Waals surface area contributed by atoms with Gasteiger partial charge < -0.3 is 9.80 Å². The predicted molar refractivity (Wildman–Crippen MR) is 96.0 cm³/mol. The van der Waals surface area contributed by atoms with E-state index in [2.05, 4.69) is 31.0 Å². The summed E-state index contributed by atoms with van der Waals surface area (Å²) in [5, 5.41) is 7.33. The number of likely N-dealkylation sites (tertiary alicyclic amines) is 2. The van der Waals surface area contributed by atoms with Crippen LogP contribution in [-0.4, -0.2) is 58.0 Å². The van der Waals surface area contributed by atoms with Crippen LogP contribution in [0.1, 0.15) is 57.2 Å². The van der Waals surface area contributed by atoms with E-state index in [4.69, 9.17) is 0 Å². The molecule has 138 valence electrons. The zero-order valence-electron chi connectivity index (χ0n) is 15.6. The number of aryl methyl sites for hydroxylation is 1. The number of nitrogens with one attached hydrogen (secondary N) is 1. The lowest BCUT2D eigenvalue weighted by molar-refractivity contribution is -0.136. The summed E-state index contributed by atoms with van der Waals surface area (Å²) in [6.07, 6.45) is 5.22. The number of rotatable bonds is 5. The highest BCUT2D eigenvalue weighted by molar-refractivity contribution is 5.89. The predicted octanol–water partition coefficient (Wildman–Crippen LogP) is 2.18. The van der Waals surface area contributed by atoms with Crippen LogP contribution in [0.15, 0.2) is 6.20 Å². The van der Waals surface area contributed by atoms with Gasteiger partial charge in [-0.3, -0.25) is 14.7 Å². The molecule has 2 aliphatic heterocycles. The second-order valence-electron chi connectivity index (χ2n) is 7.86. The van der Waals surface area contributed by atoms with Gasteiger partial charge >= 0.3 is 0 Å². The number of amides is 2. The van der Waals surface area contributed by atoms with Crippen molar-refractivity contribution in [1.82, 2.24) is 20.0 Å². The fourth-order valence-corrected chi connectivity index (χ4v) is 4.16. The van der Waals surface area contributed by atoms with Gasteiger partial charge in [-0.15, -0.1) is 0 Å². The van der Waals surface area contributed by atoms with Crippen LogP contribution in [0.25, 0.3) is 0 Å². The average Bonchev–Trinajstić information content (AvgIpc) is 3.21. The van der Waals surface area contributed by atoms with Gasteiger partial charge in [-0.2, -0.15) is 5.10 Å². The maximum atomic E-state index is 12.8. The van der Waals surface area contributed by atoms with Crippen LogP contribution in [-0.2, 0) is 16.0 Å². The highest BCUT2D eigenvalue weighted by Crippen LogP contribution is 2.30. The lowest BCUT2D eigenvalue weighted by atomic mass is 9.90. The van der Waals surface area contributed by atoms with Gasteiger partial charge in [0.05, 0.1) is 12.1 Å². The van der Waals surface area contributed by atoms with Crippen molar-refractivity contribution in [3.63, 3.8) is 0 Å². The molecule has 6 nitrogen and oxygen atoms in total. The fourth-order valence-electron chi connectivity index (χ4n) is 4.16. The molecule has 2 saturated heterocycles. The molecule has 0 bridgehead atoms. The Balaban J connectivity index is 1.54. The number of H-pyrrole nitrogens is 1. The Kier molecular flexibility index (Phi) is 5.45. The van der Waals surface area contributed by atoms with Gasteiger partial charge in [0.2, 0.25) is 11.8 Å². The summed E-state index contributed by atoms with van der Waals surface area (Å²) in [6, 6.07) is 0. The van der Waals surface area contributed by atoms with E-state index < -0.39 is 0 Å². The lowest BCUT2D eigenvalue weighted by Gasteiger charge is -2.33. The molecule has 3 heterocycles. The van der Waals surface area contributed by atoms with Crippen molar-refractivity contribution in [2.45, 2.75) is 52.4 Å². The van der Waals surface area contributed by atoms with Crippen LogP contribution in [0, 0.1) is 11.8 Å². The zero-order chi connectivity index (χ0) is 18.0. The summed E-state index contributed by atoms with van der Waals surface area (Å²) < 4.78 is 0. The Morgan fingerprint density at radius 1 is 1.36 bits per heavy atom. The second-order valence-corrected chi connectivity index (χ2v) is 7.86. The molecule has 25 heavy (non-hydrogen) atoms. The Morgan fingerprint density at radius 3 is 2.72 bits per heavy atom. The van der Waals surface area contributed by atoms with E-state index >= 15 is 0 Å². The molecule has 2 fully saturated rings. The topological polar surface area (TPSA) is 69.3 Å². The first-order valence-electron chi connectivity index (χ1n) is 9.58. The molecule has 0 aliphatic carbocycles. The minimum Gasteiger partial charge on any atom is -0.342 e. The van der Waals surface area contributed by atoms with Crippen LogP contribution in [0.3, 0.4) is 0 Å². The van der Waals surface area contributed by atoms with E-state index in [0.717, 1.165) is 38.9 Å². The van der Waals surface area contributed by atoms with Crippen molar-refractivity contribution >= 4 is 11.8 Å². The van der Waals surface area contributed by atoms with Gasteiger partial charge in [0, 0.05) is 44.2 Å². The summed E-state index contributed by atoms with van der Waals surface area (Å²) in [4.78, 5) is 28.8.